The van der Waals surface area contributed by atoms with E-state index < -0.39 is 15.8 Å². The second-order valence-corrected chi connectivity index (χ2v) is 6.63. The number of halogens is 1. The molecule has 1 fully saturated rings. The third-order valence-corrected chi connectivity index (χ3v) is 5.11. The Morgan fingerprint density at radius 3 is 2.42 bits per heavy atom. The fourth-order valence-corrected chi connectivity index (χ4v) is 3.79. The van der Waals surface area contributed by atoms with E-state index in [0.717, 1.165) is 18.9 Å². The van der Waals surface area contributed by atoms with Gasteiger partial charge in [-0.3, -0.25) is 0 Å². The van der Waals surface area contributed by atoms with E-state index in [0.29, 0.717) is 12.8 Å². The van der Waals surface area contributed by atoms with Crippen molar-refractivity contribution >= 4 is 10.0 Å². The van der Waals surface area contributed by atoms with Crippen LogP contribution in [0.15, 0.2) is 29.2 Å². The molecule has 0 unspecified atom stereocenters. The zero-order chi connectivity index (χ0) is 13.9. The molecule has 0 saturated heterocycles. The van der Waals surface area contributed by atoms with Gasteiger partial charge in [-0.2, -0.15) is 0 Å². The molecule has 1 aromatic rings. The van der Waals surface area contributed by atoms with Gasteiger partial charge >= 0.3 is 0 Å². The molecule has 1 aliphatic rings. The standard InChI is InChI=1S/C13H18FNO3S/c14-12-3-1-2-4-13(12)19(17,18)15-11-7-5-10(9-16)6-8-11/h1-4,10-11,15-16H,5-9H2. The summed E-state index contributed by atoms with van der Waals surface area (Å²) in [5.41, 5.74) is 0. The van der Waals surface area contributed by atoms with Crippen LogP contribution in [0, 0.1) is 11.7 Å². The molecule has 1 aliphatic carbocycles. The Balaban J connectivity index is 2.05. The number of nitrogens with one attached hydrogen (secondary N) is 1. The van der Waals surface area contributed by atoms with Gasteiger partial charge in [0.2, 0.25) is 10.0 Å². The van der Waals surface area contributed by atoms with Crippen LogP contribution in [0.3, 0.4) is 0 Å². The fraction of sp³-hybridized carbons (Fsp3) is 0.538. The molecule has 1 aromatic carbocycles. The average molecular weight is 287 g/mol. The lowest BCUT2D eigenvalue weighted by atomic mass is 9.87. The lowest BCUT2D eigenvalue weighted by Crippen LogP contribution is -2.38. The lowest BCUT2D eigenvalue weighted by molar-refractivity contribution is 0.180. The van der Waals surface area contributed by atoms with Crippen LogP contribution in [0.4, 0.5) is 4.39 Å². The third kappa shape index (κ3) is 3.52. The molecule has 0 heterocycles. The normalized spacial score (nSPS) is 24.3. The van der Waals surface area contributed by atoms with Crippen molar-refractivity contribution in [3.63, 3.8) is 0 Å². The van der Waals surface area contributed by atoms with E-state index in [1.165, 1.54) is 18.2 Å². The maximum atomic E-state index is 13.5. The van der Waals surface area contributed by atoms with Gasteiger partial charge in [0.1, 0.15) is 10.7 Å². The first kappa shape index (κ1) is 14.4. The maximum absolute atomic E-state index is 13.5. The van der Waals surface area contributed by atoms with Crippen molar-refractivity contribution in [2.75, 3.05) is 6.61 Å². The zero-order valence-electron chi connectivity index (χ0n) is 10.5. The van der Waals surface area contributed by atoms with Crippen molar-refractivity contribution in [2.24, 2.45) is 5.92 Å². The number of rotatable bonds is 4. The van der Waals surface area contributed by atoms with Gasteiger partial charge in [-0.15, -0.1) is 0 Å². The van der Waals surface area contributed by atoms with Gasteiger partial charge < -0.3 is 5.11 Å². The van der Waals surface area contributed by atoms with Crippen LogP contribution in [0.2, 0.25) is 0 Å². The first-order valence-electron chi connectivity index (χ1n) is 6.40. The van der Waals surface area contributed by atoms with Crippen molar-refractivity contribution in [3.05, 3.63) is 30.1 Å². The molecule has 0 spiro atoms. The van der Waals surface area contributed by atoms with Crippen LogP contribution in [0.25, 0.3) is 0 Å². The molecule has 4 nitrogen and oxygen atoms in total. The molecule has 0 amide bonds. The summed E-state index contributed by atoms with van der Waals surface area (Å²) < 4.78 is 40.2. The molecular weight excluding hydrogens is 269 g/mol. The average Bonchev–Trinajstić information content (AvgIpc) is 2.39. The number of benzene rings is 1. The minimum Gasteiger partial charge on any atom is -0.396 e. The van der Waals surface area contributed by atoms with Crippen molar-refractivity contribution in [2.45, 2.75) is 36.6 Å². The third-order valence-electron chi connectivity index (χ3n) is 3.55. The predicted octanol–water partition coefficient (Wildman–Crippen LogP) is 1.66. The molecule has 0 aliphatic heterocycles. The van der Waals surface area contributed by atoms with Crippen molar-refractivity contribution in [3.8, 4) is 0 Å². The van der Waals surface area contributed by atoms with Gasteiger partial charge in [0.05, 0.1) is 0 Å². The van der Waals surface area contributed by atoms with Crippen LogP contribution in [-0.4, -0.2) is 26.2 Å². The zero-order valence-corrected chi connectivity index (χ0v) is 11.4. The highest BCUT2D eigenvalue weighted by Crippen LogP contribution is 2.25. The van der Waals surface area contributed by atoms with Crippen LogP contribution in [0.1, 0.15) is 25.7 Å². The SMILES string of the molecule is O=S(=O)(NC1CCC(CO)CC1)c1ccccc1F. The topological polar surface area (TPSA) is 66.4 Å². The molecule has 6 heteroatoms. The smallest absolute Gasteiger partial charge is 0.243 e. The Hall–Kier alpha value is -0.980. The summed E-state index contributed by atoms with van der Waals surface area (Å²) in [6.45, 7) is 0.146. The van der Waals surface area contributed by atoms with Crippen LogP contribution in [-0.2, 0) is 10.0 Å². The number of sulfonamides is 1. The van der Waals surface area contributed by atoms with E-state index >= 15 is 0 Å². The Morgan fingerprint density at radius 2 is 1.84 bits per heavy atom. The molecule has 0 atom stereocenters. The fourth-order valence-electron chi connectivity index (χ4n) is 2.41. The highest BCUT2D eigenvalue weighted by Gasteiger charge is 2.26. The van der Waals surface area contributed by atoms with Gasteiger partial charge in [-0.05, 0) is 43.7 Å². The molecule has 0 bridgehead atoms. The minimum absolute atomic E-state index is 0.146. The summed E-state index contributed by atoms with van der Waals surface area (Å²) in [5.74, 6) is -0.478. The van der Waals surface area contributed by atoms with Crippen LogP contribution >= 0.6 is 0 Å². The molecule has 19 heavy (non-hydrogen) atoms. The molecule has 0 aromatic heterocycles. The predicted molar refractivity (Wildman–Crippen MR) is 69.6 cm³/mol. The molecule has 1 saturated carbocycles. The number of aliphatic hydroxyl groups is 1. The number of aliphatic hydroxyl groups excluding tert-OH is 1. The van der Waals surface area contributed by atoms with Crippen molar-refractivity contribution < 1.29 is 17.9 Å². The monoisotopic (exact) mass is 287 g/mol. The molecule has 106 valence electrons. The highest BCUT2D eigenvalue weighted by molar-refractivity contribution is 7.89. The van der Waals surface area contributed by atoms with Gasteiger partial charge in [0, 0.05) is 12.6 Å². The molecule has 2 rings (SSSR count). The summed E-state index contributed by atoms with van der Waals surface area (Å²) >= 11 is 0. The molecular formula is C13H18FNO3S. The lowest BCUT2D eigenvalue weighted by Gasteiger charge is -2.27. The minimum atomic E-state index is -3.80. The van der Waals surface area contributed by atoms with E-state index in [9.17, 15) is 12.8 Å². The van der Waals surface area contributed by atoms with Crippen molar-refractivity contribution in [1.82, 2.24) is 4.72 Å². The quantitative estimate of drug-likeness (QED) is 0.885. The summed E-state index contributed by atoms with van der Waals surface area (Å²) in [6, 6.07) is 5.18. The van der Waals surface area contributed by atoms with Crippen LogP contribution in [0.5, 0.6) is 0 Å². The van der Waals surface area contributed by atoms with E-state index in [1.807, 2.05) is 0 Å². The Morgan fingerprint density at radius 1 is 1.21 bits per heavy atom. The maximum Gasteiger partial charge on any atom is 0.243 e. The summed E-state index contributed by atoms with van der Waals surface area (Å²) in [4.78, 5) is -0.306. The van der Waals surface area contributed by atoms with E-state index in [4.69, 9.17) is 5.11 Å². The van der Waals surface area contributed by atoms with Crippen LogP contribution < -0.4 is 4.72 Å². The van der Waals surface area contributed by atoms with Gasteiger partial charge in [0.15, 0.2) is 0 Å². The summed E-state index contributed by atoms with van der Waals surface area (Å²) in [5, 5.41) is 9.04. The molecule has 0 radical (unpaired) electrons. The second kappa shape index (κ2) is 5.98. The second-order valence-electron chi connectivity index (χ2n) is 4.95. The highest BCUT2D eigenvalue weighted by atomic mass is 32.2. The van der Waals surface area contributed by atoms with E-state index in [1.54, 1.807) is 0 Å². The number of hydrogen-bond donors (Lipinski definition) is 2. The van der Waals surface area contributed by atoms with Gasteiger partial charge in [-0.1, -0.05) is 12.1 Å². The summed E-state index contributed by atoms with van der Waals surface area (Å²) in [6.07, 6.45) is 2.94. The van der Waals surface area contributed by atoms with Crippen molar-refractivity contribution in [1.29, 1.82) is 0 Å². The summed E-state index contributed by atoms with van der Waals surface area (Å²) in [7, 11) is -3.80. The molecule has 2 N–H and O–H groups in total. The number of hydrogen-bond acceptors (Lipinski definition) is 3. The Labute approximate surface area is 112 Å². The first-order valence-corrected chi connectivity index (χ1v) is 7.89. The van der Waals surface area contributed by atoms with Gasteiger partial charge in [0.25, 0.3) is 0 Å². The van der Waals surface area contributed by atoms with Gasteiger partial charge in [-0.25, -0.2) is 17.5 Å². The Bertz CT molecular complexity index is 524. The van der Waals surface area contributed by atoms with E-state index in [2.05, 4.69) is 4.72 Å². The Kier molecular flexibility index (Phi) is 4.54. The van der Waals surface area contributed by atoms with E-state index in [-0.39, 0.29) is 23.5 Å². The first-order chi connectivity index (χ1) is 9.03. The largest absolute Gasteiger partial charge is 0.396 e.